The Morgan fingerprint density at radius 2 is 2.00 bits per heavy atom. The molecule has 0 aromatic carbocycles. The number of amides is 1. The van der Waals surface area contributed by atoms with Gasteiger partial charge >= 0.3 is 0 Å². The minimum Gasteiger partial charge on any atom is -0.352 e. The summed E-state index contributed by atoms with van der Waals surface area (Å²) in [5, 5.41) is 2.77. The van der Waals surface area contributed by atoms with Crippen LogP contribution in [-0.4, -0.2) is 31.9 Å². The summed E-state index contributed by atoms with van der Waals surface area (Å²) in [5.74, 6) is 0.251. The molecule has 15 heavy (non-hydrogen) atoms. The van der Waals surface area contributed by atoms with Crippen LogP contribution in [-0.2, 0) is 14.6 Å². The molecule has 0 bridgehead atoms. The molecule has 1 aliphatic rings. The molecule has 0 radical (unpaired) electrons. The number of carbonyl (C=O) groups excluding carboxylic acids is 1. The Morgan fingerprint density at radius 1 is 1.40 bits per heavy atom. The topological polar surface area (TPSA) is 63.2 Å². The first kappa shape index (κ1) is 12.5. The van der Waals surface area contributed by atoms with Crippen LogP contribution in [0.5, 0.6) is 0 Å². The van der Waals surface area contributed by atoms with Crippen LogP contribution >= 0.6 is 0 Å². The van der Waals surface area contributed by atoms with E-state index >= 15 is 0 Å². The molecule has 1 saturated heterocycles. The molecule has 1 aliphatic heterocycles. The lowest BCUT2D eigenvalue weighted by Crippen LogP contribution is -2.37. The van der Waals surface area contributed by atoms with E-state index in [0.717, 1.165) is 0 Å². The van der Waals surface area contributed by atoms with Gasteiger partial charge in [0, 0.05) is 12.5 Å². The summed E-state index contributed by atoms with van der Waals surface area (Å²) in [6, 6.07) is -0.176. The lowest BCUT2D eigenvalue weighted by atomic mass is 9.92. The van der Waals surface area contributed by atoms with Gasteiger partial charge in [-0.15, -0.1) is 0 Å². The number of nitrogens with one attached hydrogen (secondary N) is 1. The van der Waals surface area contributed by atoms with Gasteiger partial charge in [-0.1, -0.05) is 20.8 Å². The molecule has 5 heteroatoms. The van der Waals surface area contributed by atoms with E-state index in [1.165, 1.54) is 0 Å². The van der Waals surface area contributed by atoms with Crippen molar-refractivity contribution < 1.29 is 13.2 Å². The van der Waals surface area contributed by atoms with Gasteiger partial charge in [0.2, 0.25) is 5.91 Å². The van der Waals surface area contributed by atoms with Crippen molar-refractivity contribution in [2.75, 3.05) is 11.5 Å². The number of sulfone groups is 1. The van der Waals surface area contributed by atoms with E-state index in [1.807, 2.05) is 20.8 Å². The average Bonchev–Trinajstić information content (AvgIpc) is 2.25. The molecule has 1 fully saturated rings. The van der Waals surface area contributed by atoms with E-state index in [1.54, 1.807) is 0 Å². The minimum absolute atomic E-state index is 0.0513. The fraction of sp³-hybridized carbons (Fsp3) is 0.900. The van der Waals surface area contributed by atoms with E-state index in [4.69, 9.17) is 0 Å². The van der Waals surface area contributed by atoms with Crippen LogP contribution in [0.3, 0.4) is 0 Å². The summed E-state index contributed by atoms with van der Waals surface area (Å²) >= 11 is 0. The summed E-state index contributed by atoms with van der Waals surface area (Å²) in [6.45, 7) is 5.95. The highest BCUT2D eigenvalue weighted by Gasteiger charge is 2.29. The second-order valence-corrected chi connectivity index (χ2v) is 7.63. The largest absolute Gasteiger partial charge is 0.352 e. The van der Waals surface area contributed by atoms with E-state index in [-0.39, 0.29) is 28.9 Å². The smallest absolute Gasteiger partial charge is 0.220 e. The maximum absolute atomic E-state index is 11.5. The molecule has 0 spiro atoms. The zero-order valence-electron chi connectivity index (χ0n) is 9.54. The van der Waals surface area contributed by atoms with Crippen LogP contribution in [0.1, 0.15) is 33.6 Å². The third kappa shape index (κ3) is 4.64. The first-order valence-electron chi connectivity index (χ1n) is 5.18. The monoisotopic (exact) mass is 233 g/mol. The van der Waals surface area contributed by atoms with Gasteiger partial charge in [-0.2, -0.15) is 0 Å². The number of hydrogen-bond donors (Lipinski definition) is 1. The molecular weight excluding hydrogens is 214 g/mol. The Balaban J connectivity index is 2.41. The van der Waals surface area contributed by atoms with Crippen LogP contribution in [0.4, 0.5) is 0 Å². The lowest BCUT2D eigenvalue weighted by Gasteiger charge is -2.19. The fourth-order valence-electron chi connectivity index (χ4n) is 1.67. The number of hydrogen-bond acceptors (Lipinski definition) is 3. The summed E-state index contributed by atoms with van der Waals surface area (Å²) in [6.07, 6.45) is 0.988. The molecule has 0 aliphatic carbocycles. The predicted molar refractivity (Wildman–Crippen MR) is 59.3 cm³/mol. The van der Waals surface area contributed by atoms with E-state index in [0.29, 0.717) is 12.8 Å². The summed E-state index contributed by atoms with van der Waals surface area (Å²) in [7, 11) is -2.90. The standard InChI is InChI=1S/C10H19NO3S/c1-10(2,3)6-9(12)11-8-4-5-15(13,14)7-8/h8H,4-7H2,1-3H3,(H,11,12)/t8-/m0/s1. The first-order valence-corrected chi connectivity index (χ1v) is 7.00. The highest BCUT2D eigenvalue weighted by atomic mass is 32.2. The maximum Gasteiger partial charge on any atom is 0.220 e. The van der Waals surface area contributed by atoms with Gasteiger partial charge in [-0.3, -0.25) is 4.79 Å². The van der Waals surface area contributed by atoms with Crippen molar-refractivity contribution >= 4 is 15.7 Å². The van der Waals surface area contributed by atoms with Crippen molar-refractivity contribution in [2.24, 2.45) is 5.41 Å². The predicted octanol–water partition coefficient (Wildman–Crippen LogP) is 0.726. The van der Waals surface area contributed by atoms with Gasteiger partial charge in [0.05, 0.1) is 11.5 Å². The summed E-state index contributed by atoms with van der Waals surface area (Å²) < 4.78 is 22.3. The third-order valence-corrected chi connectivity index (χ3v) is 4.06. The second-order valence-electron chi connectivity index (χ2n) is 5.40. The summed E-state index contributed by atoms with van der Waals surface area (Å²) in [4.78, 5) is 11.5. The zero-order valence-corrected chi connectivity index (χ0v) is 10.4. The van der Waals surface area contributed by atoms with Crippen LogP contribution in [0.15, 0.2) is 0 Å². The Hall–Kier alpha value is -0.580. The van der Waals surface area contributed by atoms with Crippen LogP contribution in [0.25, 0.3) is 0 Å². The van der Waals surface area contributed by atoms with E-state index in [9.17, 15) is 13.2 Å². The highest BCUT2D eigenvalue weighted by Crippen LogP contribution is 2.19. The van der Waals surface area contributed by atoms with Gasteiger partial charge in [0.15, 0.2) is 9.84 Å². The van der Waals surface area contributed by atoms with Crippen molar-refractivity contribution in [1.82, 2.24) is 5.32 Å². The number of rotatable bonds is 2. The lowest BCUT2D eigenvalue weighted by molar-refractivity contribution is -0.123. The Bertz CT molecular complexity index is 340. The summed E-state index contributed by atoms with van der Waals surface area (Å²) in [5.41, 5.74) is -0.0540. The van der Waals surface area contributed by atoms with E-state index < -0.39 is 9.84 Å². The molecular formula is C10H19NO3S. The van der Waals surface area contributed by atoms with Gasteiger partial charge in [0.1, 0.15) is 0 Å². The molecule has 0 aromatic rings. The fourth-order valence-corrected chi connectivity index (χ4v) is 3.34. The Morgan fingerprint density at radius 3 is 2.40 bits per heavy atom. The van der Waals surface area contributed by atoms with Crippen molar-refractivity contribution in [1.29, 1.82) is 0 Å². The SMILES string of the molecule is CC(C)(C)CC(=O)N[C@H]1CCS(=O)(=O)C1. The van der Waals surface area contributed by atoms with Crippen LogP contribution < -0.4 is 5.32 Å². The molecule has 0 saturated carbocycles. The van der Waals surface area contributed by atoms with Crippen molar-refractivity contribution in [3.63, 3.8) is 0 Å². The van der Waals surface area contributed by atoms with E-state index in [2.05, 4.69) is 5.32 Å². The maximum atomic E-state index is 11.5. The van der Waals surface area contributed by atoms with Gasteiger partial charge in [-0.05, 0) is 11.8 Å². The molecule has 1 rings (SSSR count). The highest BCUT2D eigenvalue weighted by molar-refractivity contribution is 7.91. The number of carbonyl (C=O) groups is 1. The molecule has 0 aromatic heterocycles. The van der Waals surface area contributed by atoms with Gasteiger partial charge in [0.25, 0.3) is 0 Å². The van der Waals surface area contributed by atoms with Crippen molar-refractivity contribution in [2.45, 2.75) is 39.7 Å². The van der Waals surface area contributed by atoms with Crippen molar-refractivity contribution in [3.8, 4) is 0 Å². The van der Waals surface area contributed by atoms with Gasteiger partial charge < -0.3 is 5.32 Å². The van der Waals surface area contributed by atoms with Gasteiger partial charge in [-0.25, -0.2) is 8.42 Å². The molecule has 1 amide bonds. The van der Waals surface area contributed by atoms with Crippen LogP contribution in [0, 0.1) is 5.41 Å². The normalized spacial score (nSPS) is 25.1. The first-order chi connectivity index (χ1) is 6.68. The molecule has 1 N–H and O–H groups in total. The molecule has 88 valence electrons. The van der Waals surface area contributed by atoms with Crippen molar-refractivity contribution in [3.05, 3.63) is 0 Å². The Kier molecular flexibility index (Phi) is 3.43. The third-order valence-electron chi connectivity index (χ3n) is 2.29. The average molecular weight is 233 g/mol. The van der Waals surface area contributed by atoms with Crippen LogP contribution in [0.2, 0.25) is 0 Å². The Labute approximate surface area is 91.4 Å². The molecule has 1 heterocycles. The second kappa shape index (κ2) is 4.12. The quantitative estimate of drug-likeness (QED) is 0.764. The minimum atomic E-state index is -2.90. The molecule has 0 unspecified atom stereocenters. The molecule has 4 nitrogen and oxygen atoms in total. The zero-order chi connectivity index (χ0) is 11.7. The molecule has 1 atom stereocenters.